The van der Waals surface area contributed by atoms with Crippen molar-refractivity contribution >= 4 is 11.6 Å². The Kier molecular flexibility index (Phi) is 3.64. The number of amides is 1. The Morgan fingerprint density at radius 3 is 2.94 bits per heavy atom. The second-order valence-electron chi connectivity index (χ2n) is 4.18. The van der Waals surface area contributed by atoms with Gasteiger partial charge in [0.05, 0.1) is 7.11 Å². The van der Waals surface area contributed by atoms with Crippen LogP contribution in [0.4, 0.5) is 5.69 Å². The monoisotopic (exact) mass is 235 g/mol. The van der Waals surface area contributed by atoms with Gasteiger partial charge in [-0.1, -0.05) is 0 Å². The highest BCUT2D eigenvalue weighted by Crippen LogP contribution is 2.22. The van der Waals surface area contributed by atoms with Crippen LogP contribution in [0.1, 0.15) is 18.4 Å². The molecule has 4 heteroatoms. The predicted octanol–water partition coefficient (Wildman–Crippen LogP) is 2.12. The summed E-state index contributed by atoms with van der Waals surface area (Å²) in [5.74, 6) is 0.757. The number of aryl methyl sites for hydroxylation is 1. The third-order valence-corrected chi connectivity index (χ3v) is 2.88. The van der Waals surface area contributed by atoms with Crippen molar-refractivity contribution in [2.45, 2.75) is 25.9 Å². The fourth-order valence-electron chi connectivity index (χ4n) is 1.96. The molecule has 1 aromatic rings. The number of ether oxygens (including phenoxy) is 2. The molecule has 0 radical (unpaired) electrons. The Hall–Kier alpha value is -1.55. The Balaban J connectivity index is 2.03. The molecule has 0 aromatic heterocycles. The number of benzene rings is 1. The lowest BCUT2D eigenvalue weighted by molar-refractivity contribution is -0.124. The molecule has 1 aliphatic rings. The van der Waals surface area contributed by atoms with Crippen molar-refractivity contribution in [2.75, 3.05) is 19.0 Å². The van der Waals surface area contributed by atoms with E-state index in [1.165, 1.54) is 0 Å². The molecule has 1 saturated heterocycles. The molecule has 1 atom stereocenters. The average Bonchev–Trinajstić information content (AvgIpc) is 2.82. The van der Waals surface area contributed by atoms with Crippen LogP contribution < -0.4 is 10.1 Å². The second kappa shape index (κ2) is 5.19. The van der Waals surface area contributed by atoms with Crippen molar-refractivity contribution in [3.8, 4) is 5.75 Å². The third-order valence-electron chi connectivity index (χ3n) is 2.88. The van der Waals surface area contributed by atoms with E-state index in [0.717, 1.165) is 29.8 Å². The van der Waals surface area contributed by atoms with Crippen LogP contribution in [0, 0.1) is 6.92 Å². The fraction of sp³-hybridized carbons (Fsp3) is 0.462. The van der Waals surface area contributed by atoms with Gasteiger partial charge in [0.1, 0.15) is 11.9 Å². The minimum absolute atomic E-state index is 0.0629. The number of hydrogen-bond acceptors (Lipinski definition) is 3. The summed E-state index contributed by atoms with van der Waals surface area (Å²) in [5, 5.41) is 2.86. The Morgan fingerprint density at radius 2 is 2.35 bits per heavy atom. The van der Waals surface area contributed by atoms with Gasteiger partial charge in [0.15, 0.2) is 0 Å². The van der Waals surface area contributed by atoms with Crippen molar-refractivity contribution in [1.29, 1.82) is 0 Å². The Morgan fingerprint density at radius 1 is 1.53 bits per heavy atom. The van der Waals surface area contributed by atoms with E-state index in [1.54, 1.807) is 7.11 Å². The summed E-state index contributed by atoms with van der Waals surface area (Å²) >= 11 is 0. The van der Waals surface area contributed by atoms with Crippen LogP contribution in [-0.2, 0) is 9.53 Å². The first-order valence-electron chi connectivity index (χ1n) is 5.78. The smallest absolute Gasteiger partial charge is 0.253 e. The zero-order valence-electron chi connectivity index (χ0n) is 10.2. The highest BCUT2D eigenvalue weighted by atomic mass is 16.5. The van der Waals surface area contributed by atoms with Crippen LogP contribution in [0.5, 0.6) is 5.75 Å². The standard InChI is InChI=1S/C13H17NO3/c1-9-8-10(5-6-11(9)16-2)14-13(15)12-4-3-7-17-12/h5-6,8,12H,3-4,7H2,1-2H3,(H,14,15). The molecule has 1 N–H and O–H groups in total. The molecule has 0 bridgehead atoms. The molecule has 1 fully saturated rings. The molecule has 0 saturated carbocycles. The molecule has 1 aromatic carbocycles. The van der Waals surface area contributed by atoms with Crippen LogP contribution in [0.3, 0.4) is 0 Å². The number of carbonyl (C=O) groups excluding carboxylic acids is 1. The van der Waals surface area contributed by atoms with Gasteiger partial charge in [-0.2, -0.15) is 0 Å². The molecule has 92 valence electrons. The molecule has 17 heavy (non-hydrogen) atoms. The second-order valence-corrected chi connectivity index (χ2v) is 4.18. The van der Waals surface area contributed by atoms with Crippen molar-refractivity contribution < 1.29 is 14.3 Å². The maximum absolute atomic E-state index is 11.8. The lowest BCUT2D eigenvalue weighted by atomic mass is 10.2. The average molecular weight is 235 g/mol. The molecule has 1 heterocycles. The van der Waals surface area contributed by atoms with Gasteiger partial charge in [-0.3, -0.25) is 4.79 Å². The van der Waals surface area contributed by atoms with E-state index in [0.29, 0.717) is 6.61 Å². The highest BCUT2D eigenvalue weighted by Gasteiger charge is 2.23. The van der Waals surface area contributed by atoms with E-state index in [-0.39, 0.29) is 12.0 Å². The summed E-state index contributed by atoms with van der Waals surface area (Å²) in [5.41, 5.74) is 1.78. The number of nitrogens with one attached hydrogen (secondary N) is 1. The van der Waals surface area contributed by atoms with E-state index in [9.17, 15) is 4.79 Å². The van der Waals surface area contributed by atoms with Gasteiger partial charge < -0.3 is 14.8 Å². The largest absolute Gasteiger partial charge is 0.496 e. The van der Waals surface area contributed by atoms with Crippen LogP contribution in [0.15, 0.2) is 18.2 Å². The molecule has 0 spiro atoms. The molecule has 4 nitrogen and oxygen atoms in total. The van der Waals surface area contributed by atoms with Crippen molar-refractivity contribution in [2.24, 2.45) is 0 Å². The van der Waals surface area contributed by atoms with Gasteiger partial charge in [-0.15, -0.1) is 0 Å². The van der Waals surface area contributed by atoms with Crippen LogP contribution in [-0.4, -0.2) is 25.7 Å². The van der Waals surface area contributed by atoms with Gasteiger partial charge >= 0.3 is 0 Å². The van der Waals surface area contributed by atoms with Gasteiger partial charge in [-0.05, 0) is 43.5 Å². The Labute approximate surface area is 101 Å². The SMILES string of the molecule is COc1ccc(NC(=O)C2CCCO2)cc1C. The Bertz CT molecular complexity index is 411. The van der Waals surface area contributed by atoms with Gasteiger partial charge in [0.25, 0.3) is 5.91 Å². The molecule has 1 amide bonds. The molecular weight excluding hydrogens is 218 g/mol. The first-order valence-corrected chi connectivity index (χ1v) is 5.78. The molecular formula is C13H17NO3. The number of anilines is 1. The van der Waals surface area contributed by atoms with E-state index in [2.05, 4.69) is 5.32 Å². The third kappa shape index (κ3) is 2.77. The lowest BCUT2D eigenvalue weighted by Gasteiger charge is -2.12. The van der Waals surface area contributed by atoms with Crippen LogP contribution in [0.2, 0.25) is 0 Å². The summed E-state index contributed by atoms with van der Waals surface area (Å²) in [6.07, 6.45) is 1.47. The van der Waals surface area contributed by atoms with Crippen molar-refractivity contribution in [3.05, 3.63) is 23.8 Å². The minimum atomic E-state index is -0.294. The summed E-state index contributed by atoms with van der Waals surface area (Å²) in [4.78, 5) is 11.8. The van der Waals surface area contributed by atoms with E-state index < -0.39 is 0 Å². The highest BCUT2D eigenvalue weighted by molar-refractivity contribution is 5.94. The van der Waals surface area contributed by atoms with E-state index >= 15 is 0 Å². The first-order chi connectivity index (χ1) is 8.20. The molecule has 1 aliphatic heterocycles. The zero-order valence-corrected chi connectivity index (χ0v) is 10.2. The number of rotatable bonds is 3. The van der Waals surface area contributed by atoms with Gasteiger partial charge in [0.2, 0.25) is 0 Å². The predicted molar refractivity (Wildman–Crippen MR) is 65.3 cm³/mol. The van der Waals surface area contributed by atoms with Gasteiger partial charge in [-0.25, -0.2) is 0 Å². The maximum Gasteiger partial charge on any atom is 0.253 e. The van der Waals surface area contributed by atoms with Crippen LogP contribution in [0.25, 0.3) is 0 Å². The maximum atomic E-state index is 11.8. The first kappa shape index (κ1) is 11.9. The summed E-state index contributed by atoms with van der Waals surface area (Å²) in [6.45, 7) is 2.63. The van der Waals surface area contributed by atoms with E-state index in [4.69, 9.17) is 9.47 Å². The summed E-state index contributed by atoms with van der Waals surface area (Å²) in [6, 6.07) is 5.57. The number of carbonyl (C=O) groups is 1. The van der Waals surface area contributed by atoms with E-state index in [1.807, 2.05) is 25.1 Å². The topological polar surface area (TPSA) is 47.6 Å². The minimum Gasteiger partial charge on any atom is -0.496 e. The van der Waals surface area contributed by atoms with Crippen LogP contribution >= 0.6 is 0 Å². The lowest BCUT2D eigenvalue weighted by Crippen LogP contribution is -2.26. The van der Waals surface area contributed by atoms with Gasteiger partial charge in [0, 0.05) is 12.3 Å². The molecule has 2 rings (SSSR count). The van der Waals surface area contributed by atoms with Crippen molar-refractivity contribution in [3.63, 3.8) is 0 Å². The number of methoxy groups -OCH3 is 1. The fourth-order valence-corrected chi connectivity index (χ4v) is 1.96. The summed E-state index contributed by atoms with van der Waals surface area (Å²) < 4.78 is 10.5. The molecule has 1 unspecified atom stereocenters. The van der Waals surface area contributed by atoms with Crippen molar-refractivity contribution in [1.82, 2.24) is 0 Å². The number of hydrogen-bond donors (Lipinski definition) is 1. The quantitative estimate of drug-likeness (QED) is 0.873. The zero-order chi connectivity index (χ0) is 12.3. The molecule has 0 aliphatic carbocycles. The normalized spacial score (nSPS) is 19.1. The summed E-state index contributed by atoms with van der Waals surface area (Å²) in [7, 11) is 1.63.